The third-order valence-electron chi connectivity index (χ3n) is 6.25. The molecule has 3 aromatic rings. The molecule has 2 heterocycles. The van der Waals surface area contributed by atoms with Crippen molar-refractivity contribution in [2.24, 2.45) is 4.99 Å². The highest BCUT2D eigenvalue weighted by Crippen LogP contribution is 2.40. The molecule has 1 atom stereocenters. The minimum absolute atomic E-state index is 0.0874. The molecule has 0 aliphatic carbocycles. The quantitative estimate of drug-likeness (QED) is 0.530. The molecule has 1 amide bonds. The lowest BCUT2D eigenvalue weighted by Gasteiger charge is -2.41. The van der Waals surface area contributed by atoms with Crippen LogP contribution in [0.4, 0.5) is 10.1 Å². The first-order valence-corrected chi connectivity index (χ1v) is 11.3. The zero-order valence-corrected chi connectivity index (χ0v) is 19.4. The molecule has 0 aromatic heterocycles. The first kappa shape index (κ1) is 21.9. The summed E-state index contributed by atoms with van der Waals surface area (Å²) in [6.45, 7) is 5.71. The van der Waals surface area contributed by atoms with E-state index in [1.807, 2.05) is 50.2 Å². The SMILES string of the molecule is COc1ccc2c(c1)Oc1cc(C)ccc1N=C2N1CCN(C(=O)c2cccc(F)c2)C(C)C1. The topological polar surface area (TPSA) is 54.4 Å². The molecule has 0 radical (unpaired) electrons. The lowest BCUT2D eigenvalue weighted by Crippen LogP contribution is -2.55. The summed E-state index contributed by atoms with van der Waals surface area (Å²) in [6.07, 6.45) is 0. The van der Waals surface area contributed by atoms with Crippen LogP contribution in [0.5, 0.6) is 17.2 Å². The van der Waals surface area contributed by atoms with E-state index in [1.165, 1.54) is 12.1 Å². The van der Waals surface area contributed by atoms with Crippen LogP contribution in [0.1, 0.15) is 28.4 Å². The largest absolute Gasteiger partial charge is 0.497 e. The van der Waals surface area contributed by atoms with Gasteiger partial charge in [0.15, 0.2) is 5.75 Å². The van der Waals surface area contributed by atoms with Gasteiger partial charge in [0.2, 0.25) is 0 Å². The van der Waals surface area contributed by atoms with E-state index in [4.69, 9.17) is 14.5 Å². The zero-order chi connectivity index (χ0) is 23.8. The molecule has 1 unspecified atom stereocenters. The number of amides is 1. The average Bonchev–Trinajstić information content (AvgIpc) is 2.99. The van der Waals surface area contributed by atoms with Crippen LogP contribution in [0.15, 0.2) is 65.7 Å². The molecule has 0 saturated carbocycles. The summed E-state index contributed by atoms with van der Waals surface area (Å²) in [5.41, 5.74) is 3.07. The Kier molecular flexibility index (Phi) is 5.69. The first-order chi connectivity index (χ1) is 16.4. The minimum Gasteiger partial charge on any atom is -0.497 e. The van der Waals surface area contributed by atoms with E-state index in [0.29, 0.717) is 42.4 Å². The van der Waals surface area contributed by atoms with Crippen molar-refractivity contribution in [1.82, 2.24) is 9.80 Å². The van der Waals surface area contributed by atoms with Crippen molar-refractivity contribution >= 4 is 17.4 Å². The molecule has 1 fully saturated rings. The number of carbonyl (C=O) groups is 1. The fourth-order valence-electron chi connectivity index (χ4n) is 4.47. The fourth-order valence-corrected chi connectivity index (χ4v) is 4.47. The molecule has 6 nitrogen and oxygen atoms in total. The third-order valence-corrected chi connectivity index (χ3v) is 6.25. The van der Waals surface area contributed by atoms with Crippen molar-refractivity contribution in [2.45, 2.75) is 19.9 Å². The number of carbonyl (C=O) groups excluding carboxylic acids is 1. The average molecular weight is 460 g/mol. The second-order valence-corrected chi connectivity index (χ2v) is 8.67. The van der Waals surface area contributed by atoms with Crippen molar-refractivity contribution in [3.63, 3.8) is 0 Å². The van der Waals surface area contributed by atoms with Crippen LogP contribution in [0.2, 0.25) is 0 Å². The second kappa shape index (κ2) is 8.82. The van der Waals surface area contributed by atoms with Crippen molar-refractivity contribution < 1.29 is 18.7 Å². The summed E-state index contributed by atoms with van der Waals surface area (Å²) in [6, 6.07) is 17.4. The molecule has 2 aliphatic rings. The van der Waals surface area contributed by atoms with Crippen molar-refractivity contribution in [3.8, 4) is 17.2 Å². The molecule has 7 heteroatoms. The van der Waals surface area contributed by atoms with Gasteiger partial charge in [-0.05, 0) is 61.9 Å². The van der Waals surface area contributed by atoms with E-state index in [0.717, 1.165) is 22.6 Å². The number of hydrogen-bond donors (Lipinski definition) is 0. The number of fused-ring (bicyclic) bond motifs is 2. The van der Waals surface area contributed by atoms with Gasteiger partial charge in [0.25, 0.3) is 5.91 Å². The highest BCUT2D eigenvalue weighted by Gasteiger charge is 2.32. The number of aliphatic imine (C=N–C) groups is 1. The van der Waals surface area contributed by atoms with Gasteiger partial charge in [0.1, 0.15) is 28.8 Å². The highest BCUT2D eigenvalue weighted by molar-refractivity contribution is 6.04. The van der Waals surface area contributed by atoms with E-state index in [2.05, 4.69) is 4.90 Å². The third kappa shape index (κ3) is 4.09. The number of ether oxygens (including phenoxy) is 2. The van der Waals surface area contributed by atoms with Gasteiger partial charge in [-0.15, -0.1) is 0 Å². The van der Waals surface area contributed by atoms with Crippen LogP contribution in [-0.2, 0) is 0 Å². The van der Waals surface area contributed by atoms with E-state index < -0.39 is 5.82 Å². The number of aryl methyl sites for hydroxylation is 1. The van der Waals surface area contributed by atoms with Crippen LogP contribution in [0.25, 0.3) is 0 Å². The minimum atomic E-state index is -0.411. The first-order valence-electron chi connectivity index (χ1n) is 11.3. The predicted octanol–water partition coefficient (Wildman–Crippen LogP) is 5.17. The summed E-state index contributed by atoms with van der Waals surface area (Å²) in [4.78, 5) is 22.0. The van der Waals surface area contributed by atoms with Gasteiger partial charge in [-0.25, -0.2) is 9.38 Å². The normalized spacial score (nSPS) is 17.2. The van der Waals surface area contributed by atoms with Gasteiger partial charge >= 0.3 is 0 Å². The van der Waals surface area contributed by atoms with E-state index in [9.17, 15) is 9.18 Å². The lowest BCUT2D eigenvalue weighted by atomic mass is 10.1. The summed E-state index contributed by atoms with van der Waals surface area (Å²) in [5, 5.41) is 0. The van der Waals surface area contributed by atoms with Crippen molar-refractivity contribution in [1.29, 1.82) is 0 Å². The Hall–Kier alpha value is -3.87. The molecular weight excluding hydrogens is 433 g/mol. The predicted molar refractivity (Wildman–Crippen MR) is 129 cm³/mol. The monoisotopic (exact) mass is 459 g/mol. The van der Waals surface area contributed by atoms with Crippen LogP contribution >= 0.6 is 0 Å². The Morgan fingerprint density at radius 1 is 1.09 bits per heavy atom. The lowest BCUT2D eigenvalue weighted by molar-refractivity contribution is 0.0581. The number of amidine groups is 1. The maximum atomic E-state index is 13.7. The number of piperazine rings is 1. The summed E-state index contributed by atoms with van der Waals surface area (Å²) < 4.78 is 25.4. The van der Waals surface area contributed by atoms with Crippen LogP contribution < -0.4 is 9.47 Å². The molecule has 0 spiro atoms. The van der Waals surface area contributed by atoms with Crippen molar-refractivity contribution in [2.75, 3.05) is 26.7 Å². The standard InChI is InChI=1S/C27H26FN3O3/c1-17-7-10-23-25(13-17)34-24-15-21(33-3)8-9-22(24)26(29-23)30-11-12-31(18(2)16-30)27(32)19-5-4-6-20(28)14-19/h4-10,13-15,18H,11-12,16H2,1-3H3. The van der Waals surface area contributed by atoms with E-state index >= 15 is 0 Å². The summed E-state index contributed by atoms with van der Waals surface area (Å²) >= 11 is 0. The summed E-state index contributed by atoms with van der Waals surface area (Å²) in [5.74, 6) is 2.29. The number of methoxy groups -OCH3 is 1. The number of hydrogen-bond acceptors (Lipinski definition) is 5. The van der Waals surface area contributed by atoms with Crippen LogP contribution in [0.3, 0.4) is 0 Å². The van der Waals surface area contributed by atoms with Crippen molar-refractivity contribution in [3.05, 3.63) is 83.2 Å². The molecule has 1 saturated heterocycles. The molecule has 3 aromatic carbocycles. The van der Waals surface area contributed by atoms with Crippen LogP contribution in [-0.4, -0.2) is 54.3 Å². The van der Waals surface area contributed by atoms with Crippen LogP contribution in [0, 0.1) is 12.7 Å². The van der Waals surface area contributed by atoms with Gasteiger partial charge < -0.3 is 19.3 Å². The fraction of sp³-hybridized carbons (Fsp3) is 0.259. The Labute approximate surface area is 198 Å². The number of benzene rings is 3. The highest BCUT2D eigenvalue weighted by atomic mass is 19.1. The molecule has 174 valence electrons. The Morgan fingerprint density at radius 2 is 1.94 bits per heavy atom. The Balaban J connectivity index is 1.47. The molecule has 5 rings (SSSR count). The smallest absolute Gasteiger partial charge is 0.254 e. The molecule has 2 aliphatic heterocycles. The van der Waals surface area contributed by atoms with E-state index in [-0.39, 0.29) is 11.9 Å². The number of halogens is 1. The van der Waals surface area contributed by atoms with Gasteiger partial charge in [-0.3, -0.25) is 4.79 Å². The molecular formula is C27H26FN3O3. The Bertz CT molecular complexity index is 1290. The summed E-state index contributed by atoms with van der Waals surface area (Å²) in [7, 11) is 1.63. The number of nitrogens with zero attached hydrogens (tertiary/aromatic N) is 3. The zero-order valence-electron chi connectivity index (χ0n) is 19.4. The van der Waals surface area contributed by atoms with Gasteiger partial charge in [-0.2, -0.15) is 0 Å². The number of rotatable bonds is 2. The molecule has 0 bridgehead atoms. The second-order valence-electron chi connectivity index (χ2n) is 8.67. The van der Waals surface area contributed by atoms with Gasteiger partial charge in [0.05, 0.1) is 12.7 Å². The van der Waals surface area contributed by atoms with Gasteiger partial charge in [0, 0.05) is 37.3 Å². The maximum Gasteiger partial charge on any atom is 0.254 e. The Morgan fingerprint density at radius 3 is 2.71 bits per heavy atom. The molecule has 0 N–H and O–H groups in total. The van der Waals surface area contributed by atoms with Gasteiger partial charge in [-0.1, -0.05) is 12.1 Å². The molecule has 34 heavy (non-hydrogen) atoms. The van der Waals surface area contributed by atoms with E-state index in [1.54, 1.807) is 24.1 Å². The maximum absolute atomic E-state index is 13.7.